The Morgan fingerprint density at radius 2 is 2.14 bits per heavy atom. The summed E-state index contributed by atoms with van der Waals surface area (Å²) in [5.74, 6) is 0.0697. The lowest BCUT2D eigenvalue weighted by Crippen LogP contribution is -2.46. The number of aliphatic imine (C=N–C) groups is 1. The van der Waals surface area contributed by atoms with Crippen molar-refractivity contribution in [3.8, 4) is 0 Å². The molecular formula is C15H18ClN2O2S+. The van der Waals surface area contributed by atoms with Gasteiger partial charge in [0.15, 0.2) is 11.4 Å². The van der Waals surface area contributed by atoms with Crippen LogP contribution < -0.4 is 4.48 Å². The van der Waals surface area contributed by atoms with Gasteiger partial charge in [0.2, 0.25) is 0 Å². The predicted molar refractivity (Wildman–Crippen MR) is 89.7 cm³/mol. The maximum Gasteiger partial charge on any atom is 0.313 e. The number of benzene rings is 1. The lowest BCUT2D eigenvalue weighted by atomic mass is 10.2. The highest BCUT2D eigenvalue weighted by Crippen LogP contribution is 2.40. The van der Waals surface area contributed by atoms with Gasteiger partial charge in [-0.25, -0.2) is 4.48 Å². The maximum absolute atomic E-state index is 11.1. The molecule has 0 fully saturated rings. The number of carboxylic acids is 1. The van der Waals surface area contributed by atoms with Crippen LogP contribution in [0.4, 0.5) is 5.69 Å². The molecular weight excluding hydrogens is 308 g/mol. The minimum absolute atomic E-state index is 0.0542. The van der Waals surface area contributed by atoms with Gasteiger partial charge >= 0.3 is 5.97 Å². The fraction of sp³-hybridized carbons (Fsp3) is 0.333. The van der Waals surface area contributed by atoms with Crippen LogP contribution >= 0.6 is 23.4 Å². The van der Waals surface area contributed by atoms with E-state index in [1.807, 2.05) is 31.3 Å². The summed E-state index contributed by atoms with van der Waals surface area (Å²) in [6.07, 6.45) is 2.64. The molecule has 0 amide bonds. The zero-order valence-electron chi connectivity index (χ0n) is 12.0. The Hall–Kier alpha value is -1.30. The van der Waals surface area contributed by atoms with Gasteiger partial charge in [0.05, 0.1) is 13.2 Å². The molecule has 1 aliphatic heterocycles. The van der Waals surface area contributed by atoms with E-state index in [-0.39, 0.29) is 10.9 Å². The maximum atomic E-state index is 11.1. The molecule has 21 heavy (non-hydrogen) atoms. The molecule has 0 saturated carbocycles. The first-order valence-electron chi connectivity index (χ1n) is 6.74. The third kappa shape index (κ3) is 3.15. The van der Waals surface area contributed by atoms with Crippen molar-refractivity contribution in [1.82, 2.24) is 4.48 Å². The van der Waals surface area contributed by atoms with Gasteiger partial charge in [0.1, 0.15) is 11.4 Å². The van der Waals surface area contributed by atoms with E-state index in [4.69, 9.17) is 16.7 Å². The Balaban J connectivity index is 2.45. The highest BCUT2D eigenvalue weighted by Gasteiger charge is 2.43. The zero-order valence-corrected chi connectivity index (χ0v) is 13.6. The van der Waals surface area contributed by atoms with E-state index in [0.717, 1.165) is 23.0 Å². The molecule has 0 aliphatic carbocycles. The largest absolute Gasteiger partial charge is 0.481 e. The summed E-state index contributed by atoms with van der Waals surface area (Å²) >= 11 is 7.98. The lowest BCUT2D eigenvalue weighted by Gasteiger charge is -2.31. The fourth-order valence-corrected chi connectivity index (χ4v) is 3.57. The molecule has 6 heteroatoms. The lowest BCUT2D eigenvalue weighted by molar-refractivity contribution is -0.136. The smallest absolute Gasteiger partial charge is 0.313 e. The van der Waals surface area contributed by atoms with E-state index in [2.05, 4.69) is 11.9 Å². The molecule has 112 valence electrons. The van der Waals surface area contributed by atoms with E-state index in [1.54, 1.807) is 18.0 Å². The minimum atomic E-state index is -0.866. The van der Waals surface area contributed by atoms with Crippen molar-refractivity contribution in [2.45, 2.75) is 19.8 Å². The number of carboxylic acid groups (broad SMARTS) is 1. The van der Waals surface area contributed by atoms with Crippen LogP contribution in [0.5, 0.6) is 0 Å². The number of rotatable bonds is 5. The Bertz CT molecular complexity index is 615. The number of nitrogens with zero attached hydrogens (tertiary/aromatic N) is 2. The zero-order chi connectivity index (χ0) is 15.5. The van der Waals surface area contributed by atoms with E-state index < -0.39 is 5.97 Å². The minimum Gasteiger partial charge on any atom is -0.481 e. The molecule has 0 bridgehead atoms. The highest BCUT2D eigenvalue weighted by molar-refractivity contribution is 8.14. The molecule has 1 heterocycles. The normalized spacial score (nSPS) is 21.1. The molecule has 0 saturated heterocycles. The van der Waals surface area contributed by atoms with Gasteiger partial charge in [0.25, 0.3) is 5.17 Å². The summed E-state index contributed by atoms with van der Waals surface area (Å²) in [4.78, 5) is 15.6. The molecule has 1 aromatic carbocycles. The third-order valence-electron chi connectivity index (χ3n) is 3.38. The SMILES string of the molecule is CCCSC1=NC=C(CC(=O)O)[N+]1(C)c1ccccc1Cl. The molecule has 0 aromatic heterocycles. The highest BCUT2D eigenvalue weighted by atomic mass is 35.5. The Labute approximate surface area is 133 Å². The van der Waals surface area contributed by atoms with Crippen LogP contribution in [0.15, 0.2) is 41.2 Å². The monoisotopic (exact) mass is 325 g/mol. The molecule has 0 radical (unpaired) electrons. The summed E-state index contributed by atoms with van der Waals surface area (Å²) in [5.41, 5.74) is 1.57. The van der Waals surface area contributed by atoms with Crippen LogP contribution in [0.1, 0.15) is 19.8 Å². The fourth-order valence-electron chi connectivity index (χ4n) is 2.27. The molecule has 1 aliphatic rings. The van der Waals surface area contributed by atoms with Gasteiger partial charge in [-0.2, -0.15) is 4.99 Å². The van der Waals surface area contributed by atoms with E-state index in [0.29, 0.717) is 10.7 Å². The number of para-hydroxylation sites is 1. The Kier molecular flexibility index (Phi) is 5.08. The average molecular weight is 326 g/mol. The van der Waals surface area contributed by atoms with Gasteiger partial charge in [0, 0.05) is 11.8 Å². The number of hydrogen-bond donors (Lipinski definition) is 1. The molecule has 1 N–H and O–H groups in total. The summed E-state index contributed by atoms with van der Waals surface area (Å²) in [6, 6.07) is 7.51. The average Bonchev–Trinajstić information content (AvgIpc) is 2.74. The summed E-state index contributed by atoms with van der Waals surface area (Å²) in [7, 11) is 1.95. The van der Waals surface area contributed by atoms with Crippen molar-refractivity contribution in [3.05, 3.63) is 41.2 Å². The second kappa shape index (κ2) is 6.64. The Morgan fingerprint density at radius 1 is 1.43 bits per heavy atom. The van der Waals surface area contributed by atoms with Gasteiger partial charge in [-0.05, 0) is 24.2 Å². The van der Waals surface area contributed by atoms with Crippen molar-refractivity contribution in [2.75, 3.05) is 12.8 Å². The van der Waals surface area contributed by atoms with Crippen LogP contribution in [-0.2, 0) is 4.79 Å². The van der Waals surface area contributed by atoms with E-state index in [9.17, 15) is 4.79 Å². The van der Waals surface area contributed by atoms with Gasteiger partial charge in [-0.3, -0.25) is 4.79 Å². The van der Waals surface area contributed by atoms with Crippen molar-refractivity contribution < 1.29 is 9.90 Å². The standard InChI is InChI=1S/C15H17ClN2O2S/c1-3-8-21-15-17-10-11(9-14(19)20)18(15,2)13-7-5-4-6-12(13)16/h4-7,10H,3,8-9H2,1-2H3/p+1. The van der Waals surface area contributed by atoms with Crippen molar-refractivity contribution >= 4 is 40.2 Å². The van der Waals surface area contributed by atoms with Crippen LogP contribution in [0.25, 0.3) is 0 Å². The number of aliphatic carboxylic acids is 1. The van der Waals surface area contributed by atoms with Crippen molar-refractivity contribution in [2.24, 2.45) is 4.99 Å². The summed E-state index contributed by atoms with van der Waals surface area (Å²) in [6.45, 7) is 2.11. The molecule has 4 nitrogen and oxygen atoms in total. The van der Waals surface area contributed by atoms with Crippen molar-refractivity contribution in [3.63, 3.8) is 0 Å². The van der Waals surface area contributed by atoms with Gasteiger partial charge < -0.3 is 5.11 Å². The number of amidine groups is 1. The Morgan fingerprint density at radius 3 is 2.76 bits per heavy atom. The topological polar surface area (TPSA) is 49.7 Å². The van der Waals surface area contributed by atoms with E-state index >= 15 is 0 Å². The number of halogens is 1. The first-order valence-corrected chi connectivity index (χ1v) is 8.10. The molecule has 2 rings (SSSR count). The second-order valence-corrected chi connectivity index (χ2v) is 6.38. The number of carbonyl (C=O) groups is 1. The predicted octanol–water partition coefficient (Wildman–Crippen LogP) is 4.11. The van der Waals surface area contributed by atoms with Crippen LogP contribution in [0.3, 0.4) is 0 Å². The van der Waals surface area contributed by atoms with Gasteiger partial charge in [-0.1, -0.05) is 30.7 Å². The summed E-state index contributed by atoms with van der Waals surface area (Å²) in [5, 5.41) is 10.6. The number of hydrogen-bond acceptors (Lipinski definition) is 3. The number of thioether (sulfide) groups is 1. The van der Waals surface area contributed by atoms with Crippen LogP contribution in [-0.4, -0.2) is 29.0 Å². The third-order valence-corrected chi connectivity index (χ3v) is 5.04. The first-order chi connectivity index (χ1) is 10.00. The van der Waals surface area contributed by atoms with Crippen LogP contribution in [0.2, 0.25) is 5.02 Å². The quantitative estimate of drug-likeness (QED) is 0.829. The first kappa shape index (κ1) is 16.1. The second-order valence-electron chi connectivity index (χ2n) is 4.91. The summed E-state index contributed by atoms with van der Waals surface area (Å²) < 4.78 is 0.247. The molecule has 1 aromatic rings. The molecule has 1 atom stereocenters. The van der Waals surface area contributed by atoms with Crippen molar-refractivity contribution in [1.29, 1.82) is 0 Å². The van der Waals surface area contributed by atoms with Crippen LogP contribution in [0, 0.1) is 0 Å². The number of quaternary nitrogens is 1. The van der Waals surface area contributed by atoms with Gasteiger partial charge in [-0.15, -0.1) is 0 Å². The van der Waals surface area contributed by atoms with E-state index in [1.165, 1.54) is 0 Å². The molecule has 1 unspecified atom stereocenters. The molecule has 0 spiro atoms.